The Morgan fingerprint density at radius 1 is 1.48 bits per heavy atom. The molecule has 21 heavy (non-hydrogen) atoms. The topological polar surface area (TPSA) is 119 Å². The molecule has 0 radical (unpaired) electrons. The molecule has 0 saturated heterocycles. The minimum atomic E-state index is -0.833. The smallest absolute Gasteiger partial charge is 0.300 e. The second-order valence-corrected chi connectivity index (χ2v) is 4.97. The van der Waals surface area contributed by atoms with Gasteiger partial charge in [-0.05, 0) is 7.05 Å². The number of aryl methyl sites for hydroxylation is 1. The molecule has 9 nitrogen and oxygen atoms in total. The van der Waals surface area contributed by atoms with E-state index < -0.39 is 5.97 Å². The first kappa shape index (κ1) is 17.1. The van der Waals surface area contributed by atoms with Gasteiger partial charge < -0.3 is 19.5 Å². The van der Waals surface area contributed by atoms with Crippen LogP contribution in [0.1, 0.15) is 24.5 Å². The van der Waals surface area contributed by atoms with Crippen molar-refractivity contribution in [3.8, 4) is 0 Å². The normalized spacial score (nSPS) is 10.1. The van der Waals surface area contributed by atoms with Gasteiger partial charge >= 0.3 is 0 Å². The van der Waals surface area contributed by atoms with Crippen molar-refractivity contribution in [1.29, 1.82) is 0 Å². The van der Waals surface area contributed by atoms with Crippen LogP contribution < -0.4 is 5.32 Å². The lowest BCUT2D eigenvalue weighted by molar-refractivity contribution is -0.134. The second-order valence-electron chi connectivity index (χ2n) is 4.03. The summed E-state index contributed by atoms with van der Waals surface area (Å²) in [5.41, 5.74) is 0. The third-order valence-electron chi connectivity index (χ3n) is 2.16. The van der Waals surface area contributed by atoms with Crippen LogP contribution in [0.2, 0.25) is 0 Å². The lowest BCUT2D eigenvalue weighted by Gasteiger charge is -2.01. The molecule has 10 heteroatoms. The van der Waals surface area contributed by atoms with E-state index in [4.69, 9.17) is 14.4 Å². The molecule has 0 atom stereocenters. The van der Waals surface area contributed by atoms with Gasteiger partial charge in [-0.2, -0.15) is 4.98 Å². The lowest BCUT2D eigenvalue weighted by Crippen LogP contribution is -2.10. The van der Waals surface area contributed by atoms with E-state index in [1.807, 2.05) is 18.7 Å². The zero-order chi connectivity index (χ0) is 15.8. The monoisotopic (exact) mass is 314 g/mol. The van der Waals surface area contributed by atoms with Crippen LogP contribution in [0.4, 0.5) is 0 Å². The maximum Gasteiger partial charge on any atom is 0.300 e. The Labute approximate surface area is 126 Å². The maximum atomic E-state index is 9.00. The van der Waals surface area contributed by atoms with E-state index >= 15 is 0 Å². The molecule has 0 amide bonds. The summed E-state index contributed by atoms with van der Waals surface area (Å²) in [5, 5.41) is 23.3. The zero-order valence-corrected chi connectivity index (χ0v) is 13.1. The molecular formula is C11H18N6O3S. The first-order valence-corrected chi connectivity index (χ1v) is 7.07. The summed E-state index contributed by atoms with van der Waals surface area (Å²) in [4.78, 5) is 13.1. The molecule has 0 fully saturated rings. The van der Waals surface area contributed by atoms with Crippen molar-refractivity contribution in [1.82, 2.24) is 30.2 Å². The molecule has 0 spiro atoms. The fourth-order valence-corrected chi connectivity index (χ4v) is 2.08. The number of aliphatic carboxylic acids is 1. The van der Waals surface area contributed by atoms with Gasteiger partial charge in [-0.3, -0.25) is 4.79 Å². The van der Waals surface area contributed by atoms with Crippen molar-refractivity contribution < 1.29 is 14.4 Å². The first-order valence-electron chi connectivity index (χ1n) is 6.08. The summed E-state index contributed by atoms with van der Waals surface area (Å²) >= 11 is 1.54. The van der Waals surface area contributed by atoms with Crippen LogP contribution >= 0.6 is 11.8 Å². The average Bonchev–Trinajstić information content (AvgIpc) is 2.95. The molecule has 0 aliphatic carbocycles. The number of aromatic nitrogens is 5. The molecule has 0 unspecified atom stereocenters. The van der Waals surface area contributed by atoms with Gasteiger partial charge in [-0.1, -0.05) is 16.9 Å². The Morgan fingerprint density at radius 2 is 2.14 bits per heavy atom. The number of carboxylic acids is 1. The summed E-state index contributed by atoms with van der Waals surface area (Å²) in [7, 11) is 3.82. The van der Waals surface area contributed by atoms with Crippen molar-refractivity contribution in [2.45, 2.75) is 31.3 Å². The molecule has 2 aromatic rings. The molecule has 2 heterocycles. The molecule has 0 aliphatic heterocycles. The molecule has 0 bridgehead atoms. The van der Waals surface area contributed by atoms with Gasteiger partial charge in [0.25, 0.3) is 5.97 Å². The predicted octanol–water partition coefficient (Wildman–Crippen LogP) is 0.609. The standard InChI is InChI=1S/C9H14N6OS.C2H4O2/c1-6-11-7(14-16-6)5-17-9-13-12-8(4-10-2)15(9)3;1-2(3)4/h10H,4-5H2,1-3H3;1H3,(H,3,4). The largest absolute Gasteiger partial charge is 0.481 e. The quantitative estimate of drug-likeness (QED) is 0.765. The van der Waals surface area contributed by atoms with Gasteiger partial charge in [0.15, 0.2) is 11.0 Å². The van der Waals surface area contributed by atoms with E-state index in [9.17, 15) is 0 Å². The summed E-state index contributed by atoms with van der Waals surface area (Å²) in [6.45, 7) is 3.56. The first-order chi connectivity index (χ1) is 9.93. The Hall–Kier alpha value is -1.94. The number of nitrogens with one attached hydrogen (secondary N) is 1. The number of hydrogen-bond donors (Lipinski definition) is 2. The molecule has 0 aromatic carbocycles. The van der Waals surface area contributed by atoms with Gasteiger partial charge in [-0.15, -0.1) is 10.2 Å². The van der Waals surface area contributed by atoms with Crippen molar-refractivity contribution in [2.24, 2.45) is 7.05 Å². The van der Waals surface area contributed by atoms with Crippen molar-refractivity contribution in [3.05, 3.63) is 17.5 Å². The lowest BCUT2D eigenvalue weighted by atomic mass is 10.6. The van der Waals surface area contributed by atoms with E-state index in [1.54, 1.807) is 6.92 Å². The number of thioether (sulfide) groups is 1. The Morgan fingerprint density at radius 3 is 2.67 bits per heavy atom. The van der Waals surface area contributed by atoms with E-state index in [1.165, 1.54) is 11.8 Å². The SMILES string of the molecule is CC(=O)O.CNCc1nnc(SCc2noc(C)n2)n1C. The summed E-state index contributed by atoms with van der Waals surface area (Å²) in [6, 6.07) is 0. The number of rotatable bonds is 5. The number of hydrogen-bond acceptors (Lipinski definition) is 8. The van der Waals surface area contributed by atoms with Crippen LogP contribution in [-0.4, -0.2) is 43.0 Å². The summed E-state index contributed by atoms with van der Waals surface area (Å²) in [5.74, 6) is 1.95. The molecule has 2 rings (SSSR count). The second kappa shape index (κ2) is 8.37. The highest BCUT2D eigenvalue weighted by Crippen LogP contribution is 2.19. The molecule has 0 aliphatic rings. The van der Waals surface area contributed by atoms with E-state index in [0.717, 1.165) is 17.9 Å². The van der Waals surface area contributed by atoms with Crippen LogP contribution in [0.25, 0.3) is 0 Å². The fourth-order valence-electron chi connectivity index (χ4n) is 1.31. The maximum absolute atomic E-state index is 9.00. The van der Waals surface area contributed by atoms with Crippen LogP contribution in [0.15, 0.2) is 9.68 Å². The van der Waals surface area contributed by atoms with Gasteiger partial charge in [0, 0.05) is 20.9 Å². The van der Waals surface area contributed by atoms with E-state index in [0.29, 0.717) is 24.0 Å². The third-order valence-corrected chi connectivity index (χ3v) is 3.18. The zero-order valence-electron chi connectivity index (χ0n) is 12.3. The van der Waals surface area contributed by atoms with Gasteiger partial charge in [-0.25, -0.2) is 0 Å². The Balaban J connectivity index is 0.000000491. The minimum absolute atomic E-state index is 0.578. The highest BCUT2D eigenvalue weighted by molar-refractivity contribution is 7.98. The molecule has 116 valence electrons. The highest BCUT2D eigenvalue weighted by Gasteiger charge is 2.10. The van der Waals surface area contributed by atoms with Gasteiger partial charge in [0.1, 0.15) is 5.82 Å². The average molecular weight is 314 g/mol. The van der Waals surface area contributed by atoms with Crippen LogP contribution in [-0.2, 0) is 24.1 Å². The van der Waals surface area contributed by atoms with Crippen LogP contribution in [0.3, 0.4) is 0 Å². The van der Waals surface area contributed by atoms with E-state index in [2.05, 4.69) is 25.7 Å². The number of carboxylic acid groups (broad SMARTS) is 1. The van der Waals surface area contributed by atoms with Gasteiger partial charge in [0.05, 0.1) is 12.3 Å². The highest BCUT2D eigenvalue weighted by atomic mass is 32.2. The predicted molar refractivity (Wildman–Crippen MR) is 75.7 cm³/mol. The molecule has 2 N–H and O–H groups in total. The number of nitrogens with zero attached hydrogens (tertiary/aromatic N) is 5. The Bertz CT molecular complexity index is 578. The van der Waals surface area contributed by atoms with Gasteiger partial charge in [0.2, 0.25) is 5.89 Å². The fraction of sp³-hybridized carbons (Fsp3) is 0.545. The van der Waals surface area contributed by atoms with Crippen LogP contribution in [0.5, 0.6) is 0 Å². The van der Waals surface area contributed by atoms with Crippen molar-refractivity contribution in [3.63, 3.8) is 0 Å². The number of carbonyl (C=O) groups is 1. The minimum Gasteiger partial charge on any atom is -0.481 e. The molecule has 2 aromatic heterocycles. The van der Waals surface area contributed by atoms with Crippen molar-refractivity contribution in [2.75, 3.05) is 7.05 Å². The van der Waals surface area contributed by atoms with Crippen LogP contribution in [0, 0.1) is 6.92 Å². The summed E-state index contributed by atoms with van der Waals surface area (Å²) < 4.78 is 6.85. The molecular weight excluding hydrogens is 296 g/mol. The van der Waals surface area contributed by atoms with Crippen molar-refractivity contribution >= 4 is 17.7 Å². The summed E-state index contributed by atoms with van der Waals surface area (Å²) in [6.07, 6.45) is 0. The third kappa shape index (κ3) is 5.92. The molecule has 0 saturated carbocycles. The van der Waals surface area contributed by atoms with E-state index in [-0.39, 0.29) is 0 Å². The Kier molecular flexibility index (Phi) is 6.82.